The van der Waals surface area contributed by atoms with E-state index in [0.717, 1.165) is 30.6 Å². The highest BCUT2D eigenvalue weighted by Crippen LogP contribution is 2.23. The lowest BCUT2D eigenvalue weighted by Crippen LogP contribution is -2.45. The van der Waals surface area contributed by atoms with Crippen LogP contribution in [0.5, 0.6) is 0 Å². The average molecular weight is 373 g/mol. The van der Waals surface area contributed by atoms with Crippen LogP contribution in [-0.2, 0) is 16.0 Å². The Balaban J connectivity index is 1.81. The molecule has 1 aromatic rings. The number of unbranched alkanes of at least 4 members (excludes halogenated alkanes) is 3. The van der Waals surface area contributed by atoms with E-state index in [1.165, 1.54) is 11.1 Å². The largest absolute Gasteiger partial charge is 0.354 e. The van der Waals surface area contributed by atoms with E-state index in [1.54, 1.807) is 6.92 Å². The minimum absolute atomic E-state index is 0.233. The lowest BCUT2D eigenvalue weighted by molar-refractivity contribution is -0.134. The van der Waals surface area contributed by atoms with Gasteiger partial charge in [0, 0.05) is 6.54 Å². The maximum atomic E-state index is 12.6. The van der Waals surface area contributed by atoms with E-state index in [1.807, 2.05) is 31.2 Å². The molecular formula is C21H31N3O3. The first-order valence-corrected chi connectivity index (χ1v) is 9.82. The third kappa shape index (κ3) is 5.55. The number of carbonyl (C=O) groups is 3. The molecule has 0 radical (unpaired) electrons. The van der Waals surface area contributed by atoms with Gasteiger partial charge < -0.3 is 10.6 Å². The first-order valence-electron chi connectivity index (χ1n) is 9.82. The van der Waals surface area contributed by atoms with Crippen LogP contribution in [-0.4, -0.2) is 41.4 Å². The zero-order chi connectivity index (χ0) is 19.9. The second-order valence-corrected chi connectivity index (χ2v) is 7.49. The number of hydrogen-bond donors (Lipinski definition) is 2. The summed E-state index contributed by atoms with van der Waals surface area (Å²) in [4.78, 5) is 38.0. The van der Waals surface area contributed by atoms with Gasteiger partial charge >= 0.3 is 6.03 Å². The van der Waals surface area contributed by atoms with Crippen molar-refractivity contribution in [1.82, 2.24) is 15.5 Å². The van der Waals surface area contributed by atoms with Crippen molar-refractivity contribution in [3.8, 4) is 0 Å². The summed E-state index contributed by atoms with van der Waals surface area (Å²) < 4.78 is 0. The van der Waals surface area contributed by atoms with E-state index in [4.69, 9.17) is 0 Å². The van der Waals surface area contributed by atoms with E-state index in [2.05, 4.69) is 17.6 Å². The Morgan fingerprint density at radius 3 is 2.63 bits per heavy atom. The Morgan fingerprint density at radius 2 is 1.93 bits per heavy atom. The third-order valence-electron chi connectivity index (χ3n) is 5.15. The molecule has 1 aromatic carbocycles. The van der Waals surface area contributed by atoms with Gasteiger partial charge in [0.2, 0.25) is 5.91 Å². The van der Waals surface area contributed by atoms with Gasteiger partial charge in [0.25, 0.3) is 5.91 Å². The zero-order valence-electron chi connectivity index (χ0n) is 16.6. The smallest absolute Gasteiger partial charge is 0.325 e. The van der Waals surface area contributed by atoms with Crippen LogP contribution in [0.15, 0.2) is 24.3 Å². The number of benzene rings is 1. The highest BCUT2D eigenvalue weighted by Gasteiger charge is 2.47. The Morgan fingerprint density at radius 1 is 1.19 bits per heavy atom. The van der Waals surface area contributed by atoms with Gasteiger partial charge in [0.15, 0.2) is 0 Å². The molecule has 0 spiro atoms. The second-order valence-electron chi connectivity index (χ2n) is 7.49. The maximum Gasteiger partial charge on any atom is 0.325 e. The molecule has 0 bridgehead atoms. The summed E-state index contributed by atoms with van der Waals surface area (Å²) in [6.45, 7) is 6.15. The minimum Gasteiger partial charge on any atom is -0.354 e. The molecule has 1 atom stereocenters. The maximum absolute atomic E-state index is 12.6. The molecule has 1 saturated heterocycles. The Bertz CT molecular complexity index is 689. The molecule has 148 valence electrons. The van der Waals surface area contributed by atoms with Crippen LogP contribution in [0.4, 0.5) is 4.79 Å². The van der Waals surface area contributed by atoms with Gasteiger partial charge in [0.05, 0.1) is 0 Å². The topological polar surface area (TPSA) is 78.5 Å². The van der Waals surface area contributed by atoms with Gasteiger partial charge in [-0.1, -0.05) is 56.9 Å². The Labute approximate surface area is 161 Å². The summed E-state index contributed by atoms with van der Waals surface area (Å²) in [5, 5.41) is 5.56. The standard InChI is InChI=1S/C21H31N3O3/c1-4-5-6-9-13-21(3)19(26)24(20(27)23-21)15-18(25)22-14-12-17-11-8-7-10-16(17)2/h7-8,10-11H,4-6,9,12-15H2,1-3H3,(H,22,25)(H,23,27). The van der Waals surface area contributed by atoms with Crippen molar-refractivity contribution in [2.45, 2.75) is 64.8 Å². The van der Waals surface area contributed by atoms with Crippen LogP contribution in [0.3, 0.4) is 0 Å². The fourth-order valence-corrected chi connectivity index (χ4v) is 3.39. The van der Waals surface area contributed by atoms with E-state index in [9.17, 15) is 14.4 Å². The lowest BCUT2D eigenvalue weighted by atomic mass is 9.94. The molecule has 1 heterocycles. The summed E-state index contributed by atoms with van der Waals surface area (Å²) >= 11 is 0. The number of nitrogens with zero attached hydrogens (tertiary/aromatic N) is 1. The monoisotopic (exact) mass is 373 g/mol. The van der Waals surface area contributed by atoms with Gasteiger partial charge in [-0.15, -0.1) is 0 Å². The molecule has 1 aliphatic rings. The van der Waals surface area contributed by atoms with E-state index < -0.39 is 11.6 Å². The molecule has 0 aliphatic carbocycles. The summed E-state index contributed by atoms with van der Waals surface area (Å²) in [6, 6.07) is 7.54. The Hall–Kier alpha value is -2.37. The number of rotatable bonds is 10. The number of carbonyl (C=O) groups excluding carboxylic acids is 3. The molecule has 2 rings (SSSR count). The summed E-state index contributed by atoms with van der Waals surface area (Å²) in [6.07, 6.45) is 5.47. The number of imide groups is 1. The fourth-order valence-electron chi connectivity index (χ4n) is 3.39. The molecule has 0 aromatic heterocycles. The van der Waals surface area contributed by atoms with Gasteiger partial charge in [-0.05, 0) is 37.8 Å². The zero-order valence-corrected chi connectivity index (χ0v) is 16.6. The number of amides is 4. The lowest BCUT2D eigenvalue weighted by Gasteiger charge is -2.21. The molecule has 4 amide bonds. The van der Waals surface area contributed by atoms with Crippen LogP contribution in [0.1, 0.15) is 57.1 Å². The SMILES string of the molecule is CCCCCCC1(C)NC(=O)N(CC(=O)NCCc2ccccc2C)C1=O. The molecule has 27 heavy (non-hydrogen) atoms. The predicted octanol–water partition coefficient (Wildman–Crippen LogP) is 2.93. The van der Waals surface area contributed by atoms with Crippen molar-refractivity contribution in [2.75, 3.05) is 13.1 Å². The van der Waals surface area contributed by atoms with Crippen molar-refractivity contribution in [3.05, 3.63) is 35.4 Å². The van der Waals surface area contributed by atoms with Gasteiger partial charge in [0.1, 0.15) is 12.1 Å². The molecular weight excluding hydrogens is 342 g/mol. The molecule has 6 nitrogen and oxygen atoms in total. The predicted molar refractivity (Wildman–Crippen MR) is 105 cm³/mol. The number of aryl methyl sites for hydroxylation is 1. The normalized spacial score (nSPS) is 19.3. The number of hydrogen-bond acceptors (Lipinski definition) is 3. The molecule has 6 heteroatoms. The molecule has 1 unspecified atom stereocenters. The highest BCUT2D eigenvalue weighted by atomic mass is 16.2. The quantitative estimate of drug-likeness (QED) is 0.489. The van der Waals surface area contributed by atoms with Gasteiger partial charge in [-0.3, -0.25) is 14.5 Å². The first-order chi connectivity index (χ1) is 12.9. The molecule has 2 N–H and O–H groups in total. The highest BCUT2D eigenvalue weighted by molar-refractivity contribution is 6.08. The third-order valence-corrected chi connectivity index (χ3v) is 5.15. The molecule has 1 aliphatic heterocycles. The Kier molecular flexibility index (Phi) is 7.39. The van der Waals surface area contributed by atoms with Crippen LogP contribution in [0.25, 0.3) is 0 Å². The first kappa shape index (κ1) is 20.9. The number of urea groups is 1. The van der Waals surface area contributed by atoms with Crippen molar-refractivity contribution in [1.29, 1.82) is 0 Å². The van der Waals surface area contributed by atoms with Gasteiger partial charge in [-0.25, -0.2) is 4.79 Å². The van der Waals surface area contributed by atoms with Crippen LogP contribution >= 0.6 is 0 Å². The molecule has 0 saturated carbocycles. The summed E-state index contributed by atoms with van der Waals surface area (Å²) in [5.41, 5.74) is 1.46. The van der Waals surface area contributed by atoms with Crippen LogP contribution in [0.2, 0.25) is 0 Å². The van der Waals surface area contributed by atoms with Crippen molar-refractivity contribution in [3.63, 3.8) is 0 Å². The van der Waals surface area contributed by atoms with E-state index >= 15 is 0 Å². The average Bonchev–Trinajstić information content (AvgIpc) is 2.84. The molecule has 1 fully saturated rings. The van der Waals surface area contributed by atoms with Crippen molar-refractivity contribution >= 4 is 17.8 Å². The van der Waals surface area contributed by atoms with Crippen molar-refractivity contribution in [2.24, 2.45) is 0 Å². The van der Waals surface area contributed by atoms with Gasteiger partial charge in [-0.2, -0.15) is 0 Å². The van der Waals surface area contributed by atoms with E-state index in [-0.39, 0.29) is 18.4 Å². The van der Waals surface area contributed by atoms with Crippen LogP contribution in [0, 0.1) is 6.92 Å². The van der Waals surface area contributed by atoms with Crippen molar-refractivity contribution < 1.29 is 14.4 Å². The fraction of sp³-hybridized carbons (Fsp3) is 0.571. The summed E-state index contributed by atoms with van der Waals surface area (Å²) in [5.74, 6) is -0.625. The summed E-state index contributed by atoms with van der Waals surface area (Å²) in [7, 11) is 0. The van der Waals surface area contributed by atoms with E-state index in [0.29, 0.717) is 19.4 Å². The van der Waals surface area contributed by atoms with Crippen LogP contribution < -0.4 is 10.6 Å². The minimum atomic E-state index is -0.897. The number of nitrogens with one attached hydrogen (secondary N) is 2. The second kappa shape index (κ2) is 9.53.